The van der Waals surface area contributed by atoms with Crippen LogP contribution in [0.15, 0.2) is 24.3 Å². The molecule has 6 nitrogen and oxygen atoms in total. The van der Waals surface area contributed by atoms with Gasteiger partial charge in [0, 0.05) is 13.1 Å². The lowest BCUT2D eigenvalue weighted by molar-refractivity contribution is -0.123. The van der Waals surface area contributed by atoms with Crippen LogP contribution in [0.25, 0.3) is 0 Å². The lowest BCUT2D eigenvalue weighted by Crippen LogP contribution is -2.42. The van der Waals surface area contributed by atoms with Gasteiger partial charge in [-0.15, -0.1) is 0 Å². The summed E-state index contributed by atoms with van der Waals surface area (Å²) in [5.41, 5.74) is 5.51. The molecule has 1 saturated heterocycles. The van der Waals surface area contributed by atoms with E-state index < -0.39 is 11.8 Å². The van der Waals surface area contributed by atoms with Gasteiger partial charge in [0.1, 0.15) is 5.82 Å². The number of primary amides is 1. The Labute approximate surface area is 135 Å². The second-order valence-corrected chi connectivity index (χ2v) is 5.76. The highest BCUT2D eigenvalue weighted by Gasteiger charge is 2.23. The number of halogens is 1. The number of anilines is 1. The summed E-state index contributed by atoms with van der Waals surface area (Å²) in [4.78, 5) is 25.1. The van der Waals surface area contributed by atoms with E-state index in [1.807, 2.05) is 0 Å². The fourth-order valence-corrected chi connectivity index (χ4v) is 2.72. The number of benzene rings is 1. The molecule has 0 saturated carbocycles. The van der Waals surface area contributed by atoms with Crippen molar-refractivity contribution in [3.8, 4) is 0 Å². The summed E-state index contributed by atoms with van der Waals surface area (Å²) in [5.74, 6) is -0.772. The molecule has 1 aromatic rings. The van der Waals surface area contributed by atoms with Crippen LogP contribution in [0.5, 0.6) is 0 Å². The van der Waals surface area contributed by atoms with Gasteiger partial charge in [0.15, 0.2) is 0 Å². The smallest absolute Gasteiger partial charge is 0.319 e. The molecular weight excluding hydrogens is 299 g/mol. The molecule has 1 fully saturated rings. The fourth-order valence-electron chi connectivity index (χ4n) is 2.72. The van der Waals surface area contributed by atoms with Crippen molar-refractivity contribution in [2.45, 2.75) is 19.3 Å². The van der Waals surface area contributed by atoms with Crippen molar-refractivity contribution in [2.75, 3.05) is 31.5 Å². The summed E-state index contributed by atoms with van der Waals surface area (Å²) in [6.07, 6.45) is 2.58. The molecular formula is C16H23FN4O2. The monoisotopic (exact) mass is 322 g/mol. The molecule has 7 heteroatoms. The van der Waals surface area contributed by atoms with Gasteiger partial charge in [-0.2, -0.15) is 0 Å². The van der Waals surface area contributed by atoms with E-state index >= 15 is 0 Å². The van der Waals surface area contributed by atoms with E-state index in [0.717, 1.165) is 32.4 Å². The summed E-state index contributed by atoms with van der Waals surface area (Å²) >= 11 is 0. The number of amides is 3. The van der Waals surface area contributed by atoms with E-state index in [9.17, 15) is 14.0 Å². The molecule has 1 unspecified atom stereocenters. The van der Waals surface area contributed by atoms with Gasteiger partial charge in [-0.05, 0) is 44.5 Å². The molecule has 23 heavy (non-hydrogen) atoms. The first kappa shape index (κ1) is 17.2. The average molecular weight is 322 g/mol. The molecule has 1 aliphatic heterocycles. The molecule has 126 valence electrons. The Kier molecular flexibility index (Phi) is 6.34. The minimum Gasteiger partial charge on any atom is -0.369 e. The summed E-state index contributed by atoms with van der Waals surface area (Å²) in [6, 6.07) is 5.60. The van der Waals surface area contributed by atoms with E-state index in [2.05, 4.69) is 15.5 Å². The number of likely N-dealkylation sites (tertiary alicyclic amines) is 1. The number of urea groups is 1. The second kappa shape index (κ2) is 8.47. The zero-order valence-electron chi connectivity index (χ0n) is 13.1. The Bertz CT molecular complexity index is 553. The Morgan fingerprint density at radius 1 is 1.35 bits per heavy atom. The lowest BCUT2D eigenvalue weighted by atomic mass is 9.97. The largest absolute Gasteiger partial charge is 0.369 e. The first-order chi connectivity index (χ1) is 11.1. The normalized spacial score (nSPS) is 18.4. The van der Waals surface area contributed by atoms with Crippen LogP contribution < -0.4 is 16.4 Å². The van der Waals surface area contributed by atoms with Crippen molar-refractivity contribution < 1.29 is 14.0 Å². The van der Waals surface area contributed by atoms with Crippen molar-refractivity contribution >= 4 is 17.6 Å². The summed E-state index contributed by atoms with van der Waals surface area (Å²) in [5, 5.41) is 5.17. The van der Waals surface area contributed by atoms with Gasteiger partial charge in [0.2, 0.25) is 5.91 Å². The van der Waals surface area contributed by atoms with Gasteiger partial charge < -0.3 is 21.3 Å². The van der Waals surface area contributed by atoms with Crippen LogP contribution in [0.2, 0.25) is 0 Å². The maximum Gasteiger partial charge on any atom is 0.319 e. The van der Waals surface area contributed by atoms with Crippen LogP contribution in [0.1, 0.15) is 19.3 Å². The predicted molar refractivity (Wildman–Crippen MR) is 86.4 cm³/mol. The van der Waals surface area contributed by atoms with Crippen LogP contribution in [0.3, 0.4) is 0 Å². The molecule has 1 heterocycles. The fraction of sp³-hybridized carbons (Fsp3) is 0.500. The third kappa shape index (κ3) is 5.52. The molecule has 1 aromatic carbocycles. The van der Waals surface area contributed by atoms with Crippen LogP contribution in [-0.2, 0) is 4.79 Å². The molecule has 0 spiro atoms. The first-order valence-corrected chi connectivity index (χ1v) is 7.87. The standard InChI is InChI=1S/C16H23FN4O2/c17-13-6-1-2-7-14(13)20-16(23)19-8-4-10-21-9-3-5-12(11-21)15(18)22/h1-2,6-7,12H,3-5,8-11H2,(H2,18,22)(H2,19,20,23). The molecule has 1 atom stereocenters. The van der Waals surface area contributed by atoms with Crippen molar-refractivity contribution in [2.24, 2.45) is 11.7 Å². The molecule has 0 aliphatic carbocycles. The summed E-state index contributed by atoms with van der Waals surface area (Å²) in [7, 11) is 0. The van der Waals surface area contributed by atoms with Crippen molar-refractivity contribution in [3.05, 3.63) is 30.1 Å². The van der Waals surface area contributed by atoms with Crippen LogP contribution in [0, 0.1) is 11.7 Å². The van der Waals surface area contributed by atoms with Gasteiger partial charge >= 0.3 is 6.03 Å². The average Bonchev–Trinajstić information content (AvgIpc) is 2.54. The minimum absolute atomic E-state index is 0.0685. The van der Waals surface area contributed by atoms with Crippen LogP contribution in [0.4, 0.5) is 14.9 Å². The van der Waals surface area contributed by atoms with E-state index in [4.69, 9.17) is 5.73 Å². The summed E-state index contributed by atoms with van der Waals surface area (Å²) < 4.78 is 13.4. The van der Waals surface area contributed by atoms with Crippen molar-refractivity contribution in [3.63, 3.8) is 0 Å². The number of nitrogens with zero attached hydrogens (tertiary/aromatic N) is 1. The van der Waals surface area contributed by atoms with Crippen LogP contribution in [-0.4, -0.2) is 43.0 Å². The Morgan fingerprint density at radius 3 is 2.87 bits per heavy atom. The molecule has 1 aliphatic rings. The van der Waals surface area contributed by atoms with E-state index in [1.165, 1.54) is 12.1 Å². The maximum atomic E-state index is 13.4. The van der Waals surface area contributed by atoms with Crippen molar-refractivity contribution in [1.29, 1.82) is 0 Å². The number of carbonyl (C=O) groups is 2. The van der Waals surface area contributed by atoms with Crippen molar-refractivity contribution in [1.82, 2.24) is 10.2 Å². The number of hydrogen-bond donors (Lipinski definition) is 3. The first-order valence-electron chi connectivity index (χ1n) is 7.87. The maximum absolute atomic E-state index is 13.4. The number of piperidine rings is 1. The lowest BCUT2D eigenvalue weighted by Gasteiger charge is -2.31. The van der Waals surface area contributed by atoms with Gasteiger partial charge in [-0.1, -0.05) is 12.1 Å². The molecule has 0 aromatic heterocycles. The molecule has 4 N–H and O–H groups in total. The number of nitrogens with one attached hydrogen (secondary N) is 2. The third-order valence-electron chi connectivity index (χ3n) is 3.97. The Balaban J connectivity index is 1.64. The predicted octanol–water partition coefficient (Wildman–Crippen LogP) is 1.53. The number of para-hydroxylation sites is 1. The minimum atomic E-state index is -0.464. The molecule has 2 rings (SSSR count). The Hall–Kier alpha value is -2.15. The summed E-state index contributed by atoms with van der Waals surface area (Å²) in [6.45, 7) is 2.92. The SMILES string of the molecule is NC(=O)C1CCCN(CCCNC(=O)Nc2ccccc2F)C1. The quantitative estimate of drug-likeness (QED) is 0.694. The van der Waals surface area contributed by atoms with E-state index in [1.54, 1.807) is 12.1 Å². The highest BCUT2D eigenvalue weighted by atomic mass is 19.1. The van der Waals surface area contributed by atoms with E-state index in [0.29, 0.717) is 13.1 Å². The van der Waals surface area contributed by atoms with Gasteiger partial charge in [-0.3, -0.25) is 4.79 Å². The highest BCUT2D eigenvalue weighted by Crippen LogP contribution is 2.16. The van der Waals surface area contributed by atoms with Gasteiger partial charge in [-0.25, -0.2) is 9.18 Å². The number of carbonyl (C=O) groups excluding carboxylic acids is 2. The molecule has 3 amide bonds. The highest BCUT2D eigenvalue weighted by molar-refractivity contribution is 5.89. The zero-order valence-corrected chi connectivity index (χ0v) is 13.1. The third-order valence-corrected chi connectivity index (χ3v) is 3.97. The zero-order chi connectivity index (χ0) is 16.7. The second-order valence-electron chi connectivity index (χ2n) is 5.76. The number of rotatable bonds is 6. The number of nitrogens with two attached hydrogens (primary N) is 1. The topological polar surface area (TPSA) is 87.5 Å². The van der Waals surface area contributed by atoms with Gasteiger partial charge in [0.25, 0.3) is 0 Å². The van der Waals surface area contributed by atoms with Crippen LogP contribution >= 0.6 is 0 Å². The molecule has 0 radical (unpaired) electrons. The number of hydrogen-bond acceptors (Lipinski definition) is 3. The molecule has 0 bridgehead atoms. The van der Waals surface area contributed by atoms with Gasteiger partial charge in [0.05, 0.1) is 11.6 Å². The van der Waals surface area contributed by atoms with E-state index in [-0.39, 0.29) is 17.5 Å². The Morgan fingerprint density at radius 2 is 2.13 bits per heavy atom.